The van der Waals surface area contributed by atoms with Gasteiger partial charge in [-0.25, -0.2) is 0 Å². The molecule has 0 heterocycles. The van der Waals surface area contributed by atoms with Gasteiger partial charge in [-0.1, -0.05) is 128 Å². The first kappa shape index (κ1) is 24.6. The van der Waals surface area contributed by atoms with Gasteiger partial charge in [0.05, 0.1) is 0 Å². The number of fused-ring (bicyclic) bond motifs is 5. The SMILES string of the molecule is C1=C(C2=Cc3cc4ccccc4cc3C2)Cc2ccccc21.C1=C(C2CCCCC2)Cc2cc3ccccc3cc21. The van der Waals surface area contributed by atoms with Crippen LogP contribution in [0.3, 0.4) is 0 Å². The largest absolute Gasteiger partial charge is 0.0621 e. The number of hydrogen-bond donors (Lipinski definition) is 0. The Labute approximate surface area is 243 Å². The first-order valence-electron chi connectivity index (χ1n) is 15.5. The lowest BCUT2D eigenvalue weighted by atomic mass is 9.83. The van der Waals surface area contributed by atoms with Crippen molar-refractivity contribution in [2.24, 2.45) is 5.92 Å². The Morgan fingerprint density at radius 1 is 0.415 bits per heavy atom. The van der Waals surface area contributed by atoms with E-state index in [4.69, 9.17) is 0 Å². The third-order valence-corrected chi connectivity index (χ3v) is 9.77. The van der Waals surface area contributed by atoms with Crippen molar-refractivity contribution in [2.45, 2.75) is 51.4 Å². The predicted octanol–water partition coefficient (Wildman–Crippen LogP) is 10.8. The van der Waals surface area contributed by atoms with Crippen LogP contribution in [0.25, 0.3) is 39.8 Å². The van der Waals surface area contributed by atoms with Gasteiger partial charge in [0.2, 0.25) is 0 Å². The summed E-state index contributed by atoms with van der Waals surface area (Å²) in [6.45, 7) is 0. The van der Waals surface area contributed by atoms with E-state index in [1.807, 2.05) is 0 Å². The molecule has 0 bridgehead atoms. The number of hydrogen-bond acceptors (Lipinski definition) is 0. The fourth-order valence-corrected chi connectivity index (χ4v) is 7.53. The molecule has 0 spiro atoms. The summed E-state index contributed by atoms with van der Waals surface area (Å²) in [7, 11) is 0. The lowest BCUT2D eigenvalue weighted by molar-refractivity contribution is 0.401. The zero-order valence-corrected chi connectivity index (χ0v) is 23.7. The average molecular weight is 529 g/mol. The fraction of sp³-hybridized carbons (Fsp3) is 0.220. The Morgan fingerprint density at radius 2 is 0.927 bits per heavy atom. The molecule has 0 atom stereocenters. The monoisotopic (exact) mass is 528 g/mol. The van der Waals surface area contributed by atoms with E-state index in [0.29, 0.717) is 0 Å². The van der Waals surface area contributed by atoms with Crippen molar-refractivity contribution < 1.29 is 0 Å². The van der Waals surface area contributed by atoms with Crippen LogP contribution >= 0.6 is 0 Å². The van der Waals surface area contributed by atoms with Crippen LogP contribution in [0.5, 0.6) is 0 Å². The van der Waals surface area contributed by atoms with Crippen molar-refractivity contribution in [1.29, 1.82) is 0 Å². The molecule has 0 N–H and O–H groups in total. The molecule has 5 aromatic rings. The summed E-state index contributed by atoms with van der Waals surface area (Å²) in [5.74, 6) is 0.865. The molecular weight excluding hydrogens is 492 g/mol. The van der Waals surface area contributed by atoms with E-state index in [2.05, 4.69) is 115 Å². The minimum atomic E-state index is 0.865. The summed E-state index contributed by atoms with van der Waals surface area (Å²) in [6, 6.07) is 35.6. The van der Waals surface area contributed by atoms with Gasteiger partial charge in [-0.05, 0) is 116 Å². The smallest absolute Gasteiger partial charge is 0.00165 e. The highest BCUT2D eigenvalue weighted by molar-refractivity contribution is 5.89. The van der Waals surface area contributed by atoms with E-state index >= 15 is 0 Å². The third kappa shape index (κ3) is 4.76. The van der Waals surface area contributed by atoms with Gasteiger partial charge in [0, 0.05) is 0 Å². The van der Waals surface area contributed by atoms with Crippen molar-refractivity contribution in [3.8, 4) is 0 Å². The van der Waals surface area contributed by atoms with Crippen LogP contribution in [0.2, 0.25) is 0 Å². The number of benzene rings is 5. The van der Waals surface area contributed by atoms with Crippen molar-refractivity contribution in [1.82, 2.24) is 0 Å². The molecule has 5 aromatic carbocycles. The minimum absolute atomic E-state index is 0.865. The van der Waals surface area contributed by atoms with Crippen molar-refractivity contribution >= 4 is 39.8 Å². The summed E-state index contributed by atoms with van der Waals surface area (Å²) in [4.78, 5) is 0. The molecule has 0 aromatic heterocycles. The van der Waals surface area contributed by atoms with Crippen LogP contribution < -0.4 is 0 Å². The van der Waals surface area contributed by atoms with Gasteiger partial charge in [-0.3, -0.25) is 0 Å². The highest BCUT2D eigenvalue weighted by Gasteiger charge is 2.23. The second-order valence-corrected chi connectivity index (χ2v) is 12.4. The summed E-state index contributed by atoms with van der Waals surface area (Å²) in [5.41, 5.74) is 13.4. The first-order valence-corrected chi connectivity index (χ1v) is 15.5. The van der Waals surface area contributed by atoms with Crippen LogP contribution in [-0.4, -0.2) is 0 Å². The maximum absolute atomic E-state index is 2.48. The van der Waals surface area contributed by atoms with Crippen LogP contribution in [-0.2, 0) is 19.3 Å². The van der Waals surface area contributed by atoms with Gasteiger partial charge in [0.1, 0.15) is 0 Å². The normalized spacial score (nSPS) is 17.3. The van der Waals surface area contributed by atoms with Crippen molar-refractivity contribution in [3.63, 3.8) is 0 Å². The Kier molecular flexibility index (Phi) is 6.21. The summed E-state index contributed by atoms with van der Waals surface area (Å²) in [6.07, 6.45) is 17.7. The molecule has 0 heteroatoms. The lowest BCUT2D eigenvalue weighted by Gasteiger charge is -2.22. The molecule has 4 aliphatic carbocycles. The van der Waals surface area contributed by atoms with Gasteiger partial charge in [0.25, 0.3) is 0 Å². The van der Waals surface area contributed by atoms with E-state index < -0.39 is 0 Å². The minimum Gasteiger partial charge on any atom is -0.0621 e. The van der Waals surface area contributed by atoms with Crippen LogP contribution in [0.1, 0.15) is 65.5 Å². The predicted molar refractivity (Wildman–Crippen MR) is 176 cm³/mol. The first-order chi connectivity index (χ1) is 20.3. The quantitative estimate of drug-likeness (QED) is 0.214. The summed E-state index contributed by atoms with van der Waals surface area (Å²) >= 11 is 0. The molecule has 0 radical (unpaired) electrons. The fourth-order valence-electron chi connectivity index (χ4n) is 7.53. The van der Waals surface area contributed by atoms with E-state index in [1.165, 1.54) is 99.0 Å². The van der Waals surface area contributed by atoms with Crippen molar-refractivity contribution in [2.75, 3.05) is 0 Å². The second-order valence-electron chi connectivity index (χ2n) is 12.4. The van der Waals surface area contributed by atoms with Gasteiger partial charge < -0.3 is 0 Å². The molecule has 0 nitrogen and oxygen atoms in total. The third-order valence-electron chi connectivity index (χ3n) is 9.77. The highest BCUT2D eigenvalue weighted by atomic mass is 14.3. The summed E-state index contributed by atoms with van der Waals surface area (Å²) in [5, 5.41) is 5.45. The Balaban J connectivity index is 0.000000126. The Morgan fingerprint density at radius 3 is 1.59 bits per heavy atom. The summed E-state index contributed by atoms with van der Waals surface area (Å²) < 4.78 is 0. The van der Waals surface area contributed by atoms with Crippen molar-refractivity contribution in [3.05, 3.63) is 147 Å². The Bertz CT molecular complexity index is 1890. The standard InChI is InChI=1S/C22H16.C19H20/c1-2-6-16-10-19(9-15(16)5-1)22-13-20-11-17-7-3-4-8-18(17)12-21(20)14-22;1-2-6-14(7-3-1)17-12-18-10-15-8-4-5-9-16(15)11-19(18)13-17/h1-9,11-13H,10,14H2;4-5,8-12,14H,1-3,6-7,13H2. The average Bonchev–Trinajstić information content (AvgIpc) is 3.75. The van der Waals surface area contributed by atoms with E-state index in [-0.39, 0.29) is 0 Å². The molecular formula is C41H36. The van der Waals surface area contributed by atoms with Gasteiger partial charge in [0.15, 0.2) is 0 Å². The van der Waals surface area contributed by atoms with E-state index in [9.17, 15) is 0 Å². The zero-order chi connectivity index (χ0) is 27.2. The maximum Gasteiger partial charge on any atom is -0.00165 e. The van der Waals surface area contributed by atoms with Crippen LogP contribution in [0.4, 0.5) is 0 Å². The number of rotatable bonds is 2. The molecule has 0 aliphatic heterocycles. The molecule has 1 saturated carbocycles. The topological polar surface area (TPSA) is 0 Å². The van der Waals surface area contributed by atoms with Gasteiger partial charge in [-0.15, -0.1) is 0 Å². The van der Waals surface area contributed by atoms with Crippen LogP contribution in [0.15, 0.2) is 114 Å². The molecule has 0 saturated heterocycles. The lowest BCUT2D eigenvalue weighted by Crippen LogP contribution is -2.08. The van der Waals surface area contributed by atoms with Crippen LogP contribution in [0, 0.1) is 5.92 Å². The van der Waals surface area contributed by atoms with Gasteiger partial charge >= 0.3 is 0 Å². The molecule has 41 heavy (non-hydrogen) atoms. The molecule has 1 fully saturated rings. The number of allylic oxidation sites excluding steroid dienone is 3. The van der Waals surface area contributed by atoms with E-state index in [1.54, 1.807) is 11.1 Å². The Hall–Kier alpha value is -4.16. The van der Waals surface area contributed by atoms with Gasteiger partial charge in [-0.2, -0.15) is 0 Å². The molecule has 4 aliphatic rings. The molecule has 0 unspecified atom stereocenters. The highest BCUT2D eigenvalue weighted by Crippen LogP contribution is 2.39. The second kappa shape index (κ2) is 10.3. The molecule has 200 valence electrons. The van der Waals surface area contributed by atoms with E-state index in [0.717, 1.165) is 18.8 Å². The molecule has 9 rings (SSSR count). The zero-order valence-electron chi connectivity index (χ0n) is 23.7. The molecule has 0 amide bonds. The maximum atomic E-state index is 2.48.